The highest BCUT2D eigenvalue weighted by molar-refractivity contribution is 7.09. The maximum absolute atomic E-state index is 13.4. The van der Waals surface area contributed by atoms with Crippen LogP contribution in [0, 0.1) is 24.5 Å². The van der Waals surface area contributed by atoms with Gasteiger partial charge in [-0.3, -0.25) is 14.5 Å². The molecule has 0 radical (unpaired) electrons. The van der Waals surface area contributed by atoms with Crippen molar-refractivity contribution < 1.29 is 18.4 Å². The van der Waals surface area contributed by atoms with E-state index in [1.54, 1.807) is 16.2 Å². The Morgan fingerprint density at radius 3 is 2.32 bits per heavy atom. The number of hydrogen-bond acceptors (Lipinski definition) is 5. The van der Waals surface area contributed by atoms with E-state index in [1.165, 1.54) is 6.07 Å². The van der Waals surface area contributed by atoms with Crippen LogP contribution in [-0.2, 0) is 11.3 Å². The third-order valence-corrected chi connectivity index (χ3v) is 6.86. The second kappa shape index (κ2) is 9.40. The molecule has 0 spiro atoms. The summed E-state index contributed by atoms with van der Waals surface area (Å²) in [5.74, 6) is -2.17. The molecule has 9 heteroatoms. The number of halogens is 2. The highest BCUT2D eigenvalue weighted by atomic mass is 32.1. The van der Waals surface area contributed by atoms with Gasteiger partial charge in [0.25, 0.3) is 5.91 Å². The zero-order chi connectivity index (χ0) is 22.0. The van der Waals surface area contributed by atoms with Crippen LogP contribution in [0.4, 0.5) is 8.78 Å². The first kappa shape index (κ1) is 21.8. The van der Waals surface area contributed by atoms with Crippen molar-refractivity contribution in [3.05, 3.63) is 51.5 Å². The van der Waals surface area contributed by atoms with Crippen molar-refractivity contribution in [2.24, 2.45) is 5.92 Å². The summed E-state index contributed by atoms with van der Waals surface area (Å²) in [6, 6.07) is 3.18. The molecular formula is C22H26F2N4O2S. The number of likely N-dealkylation sites (tertiary alicyclic amines) is 1. The van der Waals surface area contributed by atoms with E-state index in [9.17, 15) is 18.4 Å². The normalized spacial score (nSPS) is 18.4. The highest BCUT2D eigenvalue weighted by Crippen LogP contribution is 2.23. The number of amides is 2. The summed E-state index contributed by atoms with van der Waals surface area (Å²) in [4.78, 5) is 35.8. The quantitative estimate of drug-likeness (QED) is 0.722. The Morgan fingerprint density at radius 2 is 1.71 bits per heavy atom. The summed E-state index contributed by atoms with van der Waals surface area (Å²) < 4.78 is 26.5. The predicted molar refractivity (Wildman–Crippen MR) is 114 cm³/mol. The minimum Gasteiger partial charge on any atom is -0.339 e. The minimum absolute atomic E-state index is 0.0156. The third-order valence-electron chi connectivity index (χ3n) is 6.03. The van der Waals surface area contributed by atoms with Crippen LogP contribution in [0.3, 0.4) is 0 Å². The first-order chi connectivity index (χ1) is 14.9. The summed E-state index contributed by atoms with van der Waals surface area (Å²) in [6.45, 7) is 6.31. The van der Waals surface area contributed by atoms with Crippen LogP contribution in [0.5, 0.6) is 0 Å². The van der Waals surface area contributed by atoms with Crippen molar-refractivity contribution in [2.45, 2.75) is 26.3 Å². The van der Waals surface area contributed by atoms with E-state index in [-0.39, 0.29) is 23.3 Å². The number of piperazine rings is 1. The number of thiazole rings is 1. The van der Waals surface area contributed by atoms with Crippen LogP contribution >= 0.6 is 11.3 Å². The average molecular weight is 449 g/mol. The Hall–Kier alpha value is -2.39. The van der Waals surface area contributed by atoms with Crippen LogP contribution in [-0.4, -0.2) is 70.8 Å². The first-order valence-corrected chi connectivity index (χ1v) is 11.4. The van der Waals surface area contributed by atoms with Gasteiger partial charge in [0.2, 0.25) is 5.91 Å². The Morgan fingerprint density at radius 1 is 1.03 bits per heavy atom. The zero-order valence-corrected chi connectivity index (χ0v) is 18.3. The number of aryl methyl sites for hydroxylation is 1. The van der Waals surface area contributed by atoms with Gasteiger partial charge in [-0.15, -0.1) is 11.3 Å². The lowest BCUT2D eigenvalue weighted by Gasteiger charge is -2.38. The number of benzene rings is 1. The summed E-state index contributed by atoms with van der Waals surface area (Å²) in [6.07, 6.45) is 1.66. The molecular weight excluding hydrogens is 422 g/mol. The molecule has 0 unspecified atom stereocenters. The first-order valence-electron chi connectivity index (χ1n) is 10.6. The van der Waals surface area contributed by atoms with Crippen LogP contribution in [0.2, 0.25) is 0 Å². The van der Waals surface area contributed by atoms with Crippen LogP contribution < -0.4 is 0 Å². The molecule has 3 heterocycles. The number of nitrogens with zero attached hydrogens (tertiary/aromatic N) is 4. The highest BCUT2D eigenvalue weighted by Gasteiger charge is 2.31. The average Bonchev–Trinajstić information content (AvgIpc) is 3.20. The zero-order valence-electron chi connectivity index (χ0n) is 17.5. The molecule has 6 nitrogen and oxygen atoms in total. The smallest absolute Gasteiger partial charge is 0.254 e. The van der Waals surface area contributed by atoms with Crippen LogP contribution in [0.15, 0.2) is 23.6 Å². The van der Waals surface area contributed by atoms with E-state index in [0.717, 1.165) is 55.3 Å². The van der Waals surface area contributed by atoms with Crippen molar-refractivity contribution >= 4 is 23.2 Å². The van der Waals surface area contributed by atoms with Crippen molar-refractivity contribution in [3.8, 4) is 0 Å². The Labute approximate surface area is 184 Å². The second-order valence-corrected chi connectivity index (χ2v) is 9.22. The standard InChI is InChI=1S/C22H26F2N4O2S/c1-15-25-18(14-31-15)13-26-6-4-16(5-7-26)21(29)27-8-10-28(11-9-27)22(30)17-2-3-19(23)20(24)12-17/h2-3,12,14,16H,4-11,13H2,1H3. The molecule has 31 heavy (non-hydrogen) atoms. The molecule has 0 aliphatic carbocycles. The molecule has 2 aliphatic heterocycles. The number of aromatic nitrogens is 1. The van der Waals surface area contributed by atoms with Crippen LogP contribution in [0.25, 0.3) is 0 Å². The summed E-state index contributed by atoms with van der Waals surface area (Å²) >= 11 is 1.66. The monoisotopic (exact) mass is 448 g/mol. The Bertz CT molecular complexity index is 951. The van der Waals surface area contributed by atoms with Gasteiger partial charge in [0.05, 0.1) is 10.7 Å². The maximum Gasteiger partial charge on any atom is 0.254 e. The molecule has 0 bridgehead atoms. The Balaban J connectivity index is 1.25. The van der Waals surface area contributed by atoms with Gasteiger partial charge in [0.15, 0.2) is 11.6 Å². The molecule has 1 aromatic heterocycles. The SMILES string of the molecule is Cc1nc(CN2CCC(C(=O)N3CCN(C(=O)c4ccc(F)c(F)c4)CC3)CC2)cs1. The van der Waals surface area contributed by atoms with Gasteiger partial charge in [-0.2, -0.15) is 0 Å². The molecule has 4 rings (SSSR count). The molecule has 0 saturated carbocycles. The van der Waals surface area contributed by atoms with Gasteiger partial charge in [0, 0.05) is 49.6 Å². The van der Waals surface area contributed by atoms with Gasteiger partial charge < -0.3 is 9.80 Å². The van der Waals surface area contributed by atoms with E-state index in [2.05, 4.69) is 15.3 Å². The fourth-order valence-electron chi connectivity index (χ4n) is 4.25. The number of carbonyl (C=O) groups excluding carboxylic acids is 2. The largest absolute Gasteiger partial charge is 0.339 e. The molecule has 2 aromatic rings. The van der Waals surface area contributed by atoms with E-state index in [0.29, 0.717) is 26.2 Å². The van der Waals surface area contributed by atoms with Crippen molar-refractivity contribution in [3.63, 3.8) is 0 Å². The third kappa shape index (κ3) is 5.10. The summed E-state index contributed by atoms with van der Waals surface area (Å²) in [5.41, 5.74) is 1.22. The van der Waals surface area contributed by atoms with Crippen molar-refractivity contribution in [1.82, 2.24) is 19.7 Å². The topological polar surface area (TPSA) is 56.8 Å². The lowest BCUT2D eigenvalue weighted by molar-refractivity contribution is -0.138. The van der Waals surface area contributed by atoms with Crippen molar-refractivity contribution in [1.29, 1.82) is 0 Å². The summed E-state index contributed by atoms with van der Waals surface area (Å²) in [7, 11) is 0. The van der Waals surface area contributed by atoms with Crippen molar-refractivity contribution in [2.75, 3.05) is 39.3 Å². The molecule has 2 aliphatic rings. The van der Waals surface area contributed by atoms with E-state index >= 15 is 0 Å². The molecule has 2 fully saturated rings. The molecule has 0 atom stereocenters. The molecule has 2 saturated heterocycles. The van der Waals surface area contributed by atoms with E-state index in [1.807, 2.05) is 11.8 Å². The molecule has 2 amide bonds. The van der Waals surface area contributed by atoms with E-state index < -0.39 is 11.6 Å². The molecule has 0 N–H and O–H groups in total. The number of rotatable bonds is 4. The second-order valence-electron chi connectivity index (χ2n) is 8.15. The lowest BCUT2D eigenvalue weighted by Crippen LogP contribution is -2.53. The number of hydrogen-bond donors (Lipinski definition) is 0. The van der Waals surface area contributed by atoms with Gasteiger partial charge in [-0.25, -0.2) is 13.8 Å². The van der Waals surface area contributed by atoms with Crippen LogP contribution in [0.1, 0.15) is 33.9 Å². The minimum atomic E-state index is -1.03. The Kier molecular flexibility index (Phi) is 6.62. The number of piperidine rings is 1. The van der Waals surface area contributed by atoms with Gasteiger partial charge in [-0.1, -0.05) is 0 Å². The van der Waals surface area contributed by atoms with E-state index in [4.69, 9.17) is 0 Å². The predicted octanol–water partition coefficient (Wildman–Crippen LogP) is 2.93. The van der Waals surface area contributed by atoms with Gasteiger partial charge in [0.1, 0.15) is 0 Å². The summed E-state index contributed by atoms with van der Waals surface area (Å²) in [5, 5.41) is 3.16. The maximum atomic E-state index is 13.4. The molecule has 1 aromatic carbocycles. The fourth-order valence-corrected chi connectivity index (χ4v) is 4.85. The van der Waals surface area contributed by atoms with Gasteiger partial charge >= 0.3 is 0 Å². The number of carbonyl (C=O) groups is 2. The van der Waals surface area contributed by atoms with Gasteiger partial charge in [-0.05, 0) is 51.1 Å². The lowest BCUT2D eigenvalue weighted by atomic mass is 9.95. The molecule has 166 valence electrons. The fraction of sp³-hybridized carbons (Fsp3) is 0.500.